The van der Waals surface area contributed by atoms with Crippen molar-refractivity contribution in [3.63, 3.8) is 0 Å². The molecule has 0 aliphatic heterocycles. The number of aliphatic imine (C=N–C) groups is 1. The number of carbonyl (C=O) groups excluding carboxylic acids is 1. The summed E-state index contributed by atoms with van der Waals surface area (Å²) in [6.45, 7) is 9.72. The zero-order valence-electron chi connectivity index (χ0n) is 16.2. The molecule has 1 aliphatic carbocycles. The molecular weight excluding hydrogens is 451 g/mol. The van der Waals surface area contributed by atoms with Crippen LogP contribution in [0.2, 0.25) is 0 Å². The van der Waals surface area contributed by atoms with Crippen molar-refractivity contribution in [3.05, 3.63) is 0 Å². The Bertz CT molecular complexity index is 416. The number of rotatable bonds is 7. The highest BCUT2D eigenvalue weighted by atomic mass is 127. The lowest BCUT2D eigenvalue weighted by Crippen LogP contribution is -2.42. The summed E-state index contributed by atoms with van der Waals surface area (Å²) >= 11 is 1.96. The molecular formula is C17H35IN4O2S. The third kappa shape index (κ3) is 11.8. The van der Waals surface area contributed by atoms with Gasteiger partial charge in [-0.25, -0.2) is 4.79 Å². The Kier molecular flexibility index (Phi) is 12.7. The van der Waals surface area contributed by atoms with E-state index in [1.54, 1.807) is 0 Å². The van der Waals surface area contributed by atoms with E-state index in [0.717, 1.165) is 24.2 Å². The van der Waals surface area contributed by atoms with E-state index in [1.165, 1.54) is 19.3 Å². The standard InChI is InChI=1S/C17H34N4O2S.HI/c1-6-18-15(21-13-8-9-14(12-13)24-5)19-10-7-11-20-16(22)23-17(2,3)4;/h13-14H,6-12H2,1-5H3,(H,20,22)(H2,18,19,21);1H. The van der Waals surface area contributed by atoms with Gasteiger partial charge in [0.2, 0.25) is 0 Å². The van der Waals surface area contributed by atoms with Crippen LogP contribution in [-0.2, 0) is 4.74 Å². The van der Waals surface area contributed by atoms with Crippen molar-refractivity contribution in [3.8, 4) is 0 Å². The maximum absolute atomic E-state index is 11.6. The van der Waals surface area contributed by atoms with Crippen molar-refractivity contribution in [2.45, 2.75) is 70.3 Å². The Hall–Kier alpha value is -0.380. The molecule has 25 heavy (non-hydrogen) atoms. The lowest BCUT2D eigenvalue weighted by molar-refractivity contribution is 0.0527. The smallest absolute Gasteiger partial charge is 0.407 e. The molecule has 3 N–H and O–H groups in total. The molecule has 0 aromatic heterocycles. The second kappa shape index (κ2) is 12.9. The molecule has 0 aromatic rings. The first-order valence-electron chi connectivity index (χ1n) is 8.88. The van der Waals surface area contributed by atoms with Gasteiger partial charge in [0.05, 0.1) is 0 Å². The summed E-state index contributed by atoms with van der Waals surface area (Å²) in [5.41, 5.74) is -0.458. The fourth-order valence-electron chi connectivity index (χ4n) is 2.57. The van der Waals surface area contributed by atoms with Crippen LogP contribution in [0.25, 0.3) is 0 Å². The third-order valence-electron chi connectivity index (χ3n) is 3.68. The molecule has 148 valence electrons. The van der Waals surface area contributed by atoms with Crippen LogP contribution in [-0.4, -0.2) is 54.8 Å². The summed E-state index contributed by atoms with van der Waals surface area (Å²) in [6, 6.07) is 0.514. The summed E-state index contributed by atoms with van der Waals surface area (Å²) in [5.74, 6) is 0.876. The van der Waals surface area contributed by atoms with E-state index in [4.69, 9.17) is 4.74 Å². The largest absolute Gasteiger partial charge is 0.444 e. The predicted octanol–water partition coefficient (Wildman–Crippen LogP) is 3.36. The lowest BCUT2D eigenvalue weighted by Gasteiger charge is -2.19. The zero-order valence-corrected chi connectivity index (χ0v) is 19.3. The van der Waals surface area contributed by atoms with Gasteiger partial charge in [-0.3, -0.25) is 4.99 Å². The molecule has 1 aliphatic rings. The third-order valence-corrected chi connectivity index (χ3v) is 4.77. The van der Waals surface area contributed by atoms with Crippen molar-refractivity contribution >= 4 is 47.8 Å². The molecule has 0 bridgehead atoms. The van der Waals surface area contributed by atoms with Crippen LogP contribution >= 0.6 is 35.7 Å². The number of alkyl carbamates (subject to hydrolysis) is 1. The van der Waals surface area contributed by atoms with Gasteiger partial charge in [0, 0.05) is 30.9 Å². The van der Waals surface area contributed by atoms with Crippen LogP contribution < -0.4 is 16.0 Å². The Morgan fingerprint density at radius 3 is 2.56 bits per heavy atom. The number of thioether (sulfide) groups is 1. The van der Waals surface area contributed by atoms with Crippen LogP contribution in [0.3, 0.4) is 0 Å². The van der Waals surface area contributed by atoms with Crippen molar-refractivity contribution in [1.82, 2.24) is 16.0 Å². The minimum atomic E-state index is -0.458. The van der Waals surface area contributed by atoms with Gasteiger partial charge in [0.15, 0.2) is 5.96 Å². The van der Waals surface area contributed by atoms with Gasteiger partial charge in [0.1, 0.15) is 5.60 Å². The van der Waals surface area contributed by atoms with Crippen LogP contribution in [0.1, 0.15) is 53.4 Å². The van der Waals surface area contributed by atoms with E-state index in [9.17, 15) is 4.79 Å². The van der Waals surface area contributed by atoms with E-state index in [-0.39, 0.29) is 30.1 Å². The number of nitrogens with one attached hydrogen (secondary N) is 3. The first-order valence-corrected chi connectivity index (χ1v) is 10.2. The van der Waals surface area contributed by atoms with Crippen LogP contribution in [0.4, 0.5) is 4.79 Å². The van der Waals surface area contributed by atoms with Gasteiger partial charge in [-0.1, -0.05) is 0 Å². The Balaban J connectivity index is 0.00000576. The van der Waals surface area contributed by atoms with Crippen molar-refractivity contribution in [1.29, 1.82) is 0 Å². The summed E-state index contributed by atoms with van der Waals surface area (Å²) in [5, 5.41) is 10.3. The SMILES string of the molecule is CCNC(=NCCCNC(=O)OC(C)(C)C)NC1CCC(SC)C1.I. The Morgan fingerprint density at radius 1 is 1.28 bits per heavy atom. The molecule has 0 heterocycles. The highest BCUT2D eigenvalue weighted by molar-refractivity contribution is 14.0. The van der Waals surface area contributed by atoms with E-state index in [0.29, 0.717) is 19.1 Å². The fraction of sp³-hybridized carbons (Fsp3) is 0.882. The highest BCUT2D eigenvalue weighted by Crippen LogP contribution is 2.27. The lowest BCUT2D eigenvalue weighted by atomic mass is 10.2. The predicted molar refractivity (Wildman–Crippen MR) is 118 cm³/mol. The molecule has 0 radical (unpaired) electrons. The first-order chi connectivity index (χ1) is 11.3. The number of halogens is 1. The Labute approximate surface area is 174 Å². The fourth-order valence-corrected chi connectivity index (χ4v) is 3.37. The maximum Gasteiger partial charge on any atom is 0.407 e. The normalized spacial score (nSPS) is 20.6. The number of hydrogen-bond acceptors (Lipinski definition) is 4. The number of carbonyl (C=O) groups is 1. The summed E-state index contributed by atoms with van der Waals surface area (Å²) < 4.78 is 5.20. The number of amides is 1. The van der Waals surface area contributed by atoms with Gasteiger partial charge in [-0.15, -0.1) is 24.0 Å². The minimum Gasteiger partial charge on any atom is -0.444 e. The molecule has 0 saturated heterocycles. The molecule has 1 saturated carbocycles. The van der Waals surface area contributed by atoms with Crippen molar-refractivity contribution in [2.75, 3.05) is 25.9 Å². The van der Waals surface area contributed by atoms with Gasteiger partial charge < -0.3 is 20.7 Å². The number of guanidine groups is 1. The van der Waals surface area contributed by atoms with Gasteiger partial charge >= 0.3 is 6.09 Å². The zero-order chi connectivity index (χ0) is 18.0. The van der Waals surface area contributed by atoms with Gasteiger partial charge in [-0.05, 0) is 59.6 Å². The molecule has 2 unspecified atom stereocenters. The van der Waals surface area contributed by atoms with Crippen LogP contribution in [0, 0.1) is 0 Å². The quantitative estimate of drug-likeness (QED) is 0.223. The maximum atomic E-state index is 11.6. The van der Waals surface area contributed by atoms with Gasteiger partial charge in [0.25, 0.3) is 0 Å². The van der Waals surface area contributed by atoms with Crippen LogP contribution in [0.5, 0.6) is 0 Å². The molecule has 0 spiro atoms. The molecule has 6 nitrogen and oxygen atoms in total. The topological polar surface area (TPSA) is 74.8 Å². The van der Waals surface area contributed by atoms with Crippen molar-refractivity contribution in [2.24, 2.45) is 4.99 Å². The van der Waals surface area contributed by atoms with E-state index in [1.807, 2.05) is 32.5 Å². The van der Waals surface area contributed by atoms with Crippen molar-refractivity contribution < 1.29 is 9.53 Å². The van der Waals surface area contributed by atoms with Crippen LogP contribution in [0.15, 0.2) is 4.99 Å². The molecule has 1 amide bonds. The number of nitrogens with zero attached hydrogens (tertiary/aromatic N) is 1. The van der Waals surface area contributed by atoms with Gasteiger partial charge in [-0.2, -0.15) is 11.8 Å². The Morgan fingerprint density at radius 2 is 2.00 bits per heavy atom. The van der Waals surface area contributed by atoms with E-state index >= 15 is 0 Å². The summed E-state index contributed by atoms with van der Waals surface area (Å²) in [6.07, 6.45) is 6.28. The molecule has 0 aromatic carbocycles. The average molecular weight is 486 g/mol. The molecule has 8 heteroatoms. The second-order valence-corrected chi connectivity index (χ2v) is 8.19. The number of ether oxygens (including phenoxy) is 1. The molecule has 1 fully saturated rings. The second-order valence-electron chi connectivity index (χ2n) is 7.05. The summed E-state index contributed by atoms with van der Waals surface area (Å²) in [7, 11) is 0. The summed E-state index contributed by atoms with van der Waals surface area (Å²) in [4.78, 5) is 16.1. The number of hydrogen-bond donors (Lipinski definition) is 3. The molecule has 1 rings (SSSR count). The highest BCUT2D eigenvalue weighted by Gasteiger charge is 2.24. The first kappa shape index (κ1) is 24.6. The minimum absolute atomic E-state index is 0. The monoisotopic (exact) mass is 486 g/mol. The average Bonchev–Trinajstić information content (AvgIpc) is 2.92. The molecule has 2 atom stereocenters. The van der Waals surface area contributed by atoms with E-state index < -0.39 is 5.60 Å². The van der Waals surface area contributed by atoms with E-state index in [2.05, 4.69) is 34.1 Å².